The molecule has 1 aromatic heterocycles. The van der Waals surface area contributed by atoms with Gasteiger partial charge in [0.2, 0.25) is 0 Å². The highest BCUT2D eigenvalue weighted by Crippen LogP contribution is 2.30. The van der Waals surface area contributed by atoms with E-state index in [1.807, 2.05) is 25.3 Å². The van der Waals surface area contributed by atoms with Crippen molar-refractivity contribution < 1.29 is 14.3 Å². The summed E-state index contributed by atoms with van der Waals surface area (Å²) < 4.78 is 12.7. The highest BCUT2D eigenvalue weighted by atomic mass is 16.6. The van der Waals surface area contributed by atoms with E-state index < -0.39 is 5.60 Å². The maximum atomic E-state index is 12.3. The fourth-order valence-corrected chi connectivity index (χ4v) is 3.18. The molecular formula is C18H23N3O3. The van der Waals surface area contributed by atoms with E-state index in [9.17, 15) is 4.79 Å². The molecule has 0 N–H and O–H groups in total. The number of ether oxygens (including phenoxy) is 2. The summed E-state index contributed by atoms with van der Waals surface area (Å²) in [6.45, 7) is 6.83. The molecule has 1 fully saturated rings. The van der Waals surface area contributed by atoms with E-state index in [4.69, 9.17) is 9.47 Å². The van der Waals surface area contributed by atoms with E-state index >= 15 is 0 Å². The Morgan fingerprint density at radius 1 is 1.42 bits per heavy atom. The van der Waals surface area contributed by atoms with Crippen molar-refractivity contribution >= 4 is 5.97 Å². The summed E-state index contributed by atoms with van der Waals surface area (Å²) in [5, 5.41) is 8.45. The molecule has 0 bridgehead atoms. The first-order chi connectivity index (χ1) is 11.5. The van der Waals surface area contributed by atoms with Crippen molar-refractivity contribution in [2.75, 3.05) is 13.2 Å². The highest BCUT2D eigenvalue weighted by molar-refractivity contribution is 5.80. The largest absolute Gasteiger partial charge is 0.464 e. The van der Waals surface area contributed by atoms with Gasteiger partial charge in [-0.1, -0.05) is 22.9 Å². The number of carbonyl (C=O) groups excluding carboxylic acids is 1. The van der Waals surface area contributed by atoms with Crippen molar-refractivity contribution in [1.82, 2.24) is 15.0 Å². The lowest BCUT2D eigenvalue weighted by molar-refractivity contribution is -0.166. The molecule has 1 aliphatic rings. The smallest absolute Gasteiger partial charge is 0.338 e. The van der Waals surface area contributed by atoms with Crippen molar-refractivity contribution in [2.24, 2.45) is 0 Å². The van der Waals surface area contributed by atoms with Crippen molar-refractivity contribution in [3.8, 4) is 5.69 Å². The Bertz CT molecular complexity index is 733. The van der Waals surface area contributed by atoms with Gasteiger partial charge in [0.05, 0.1) is 24.2 Å². The molecule has 1 atom stereocenters. The summed E-state index contributed by atoms with van der Waals surface area (Å²) in [6.07, 6.45) is 3.75. The quantitative estimate of drug-likeness (QED) is 0.789. The minimum atomic E-state index is -0.917. The van der Waals surface area contributed by atoms with E-state index in [0.29, 0.717) is 26.1 Å². The molecular weight excluding hydrogens is 306 g/mol. The summed E-state index contributed by atoms with van der Waals surface area (Å²) in [5.74, 6) is -0.302. The van der Waals surface area contributed by atoms with Crippen molar-refractivity contribution in [3.63, 3.8) is 0 Å². The first-order valence-corrected chi connectivity index (χ1v) is 8.34. The third kappa shape index (κ3) is 3.19. The van der Waals surface area contributed by atoms with Gasteiger partial charge in [0.1, 0.15) is 0 Å². The lowest BCUT2D eigenvalue weighted by Gasteiger charge is -2.24. The number of hydrogen-bond donors (Lipinski definition) is 0. The maximum Gasteiger partial charge on any atom is 0.338 e. The number of carbonyl (C=O) groups is 1. The van der Waals surface area contributed by atoms with Gasteiger partial charge in [0.15, 0.2) is 5.60 Å². The Kier molecular flexibility index (Phi) is 4.66. The number of hydrogen-bond acceptors (Lipinski definition) is 5. The second-order valence-corrected chi connectivity index (χ2v) is 6.29. The Morgan fingerprint density at radius 2 is 2.25 bits per heavy atom. The molecule has 1 aromatic carbocycles. The molecule has 6 heteroatoms. The first kappa shape index (κ1) is 16.6. The lowest BCUT2D eigenvalue weighted by Crippen LogP contribution is -2.41. The zero-order valence-corrected chi connectivity index (χ0v) is 14.4. The number of aryl methyl sites for hydroxylation is 2. The van der Waals surface area contributed by atoms with Crippen LogP contribution in [0.5, 0.6) is 0 Å². The van der Waals surface area contributed by atoms with Crippen molar-refractivity contribution in [3.05, 3.63) is 41.2 Å². The number of esters is 1. The van der Waals surface area contributed by atoms with Crippen LogP contribution >= 0.6 is 0 Å². The summed E-state index contributed by atoms with van der Waals surface area (Å²) in [4.78, 5) is 12.3. The minimum absolute atomic E-state index is 0.302. The number of benzene rings is 1. The van der Waals surface area contributed by atoms with Gasteiger partial charge in [-0.25, -0.2) is 9.48 Å². The molecule has 3 rings (SSSR count). The monoisotopic (exact) mass is 329 g/mol. The molecule has 0 saturated carbocycles. The van der Waals surface area contributed by atoms with Gasteiger partial charge in [0.25, 0.3) is 0 Å². The second kappa shape index (κ2) is 6.73. The SMILES string of the molecule is CCOC(=O)C1(Cc2cn(-c3ccc(C)cc3C)nn2)CCCO1. The van der Waals surface area contributed by atoms with E-state index in [1.54, 1.807) is 11.6 Å². The van der Waals surface area contributed by atoms with Gasteiger partial charge in [0, 0.05) is 13.0 Å². The van der Waals surface area contributed by atoms with Gasteiger partial charge < -0.3 is 9.47 Å². The van der Waals surface area contributed by atoms with Gasteiger partial charge in [-0.05, 0) is 45.2 Å². The fourth-order valence-electron chi connectivity index (χ4n) is 3.18. The summed E-state index contributed by atoms with van der Waals surface area (Å²) >= 11 is 0. The van der Waals surface area contributed by atoms with Gasteiger partial charge in [-0.3, -0.25) is 0 Å². The van der Waals surface area contributed by atoms with Crippen LogP contribution in [0.4, 0.5) is 0 Å². The first-order valence-electron chi connectivity index (χ1n) is 8.34. The Balaban J connectivity index is 1.83. The average Bonchev–Trinajstić information content (AvgIpc) is 3.18. The van der Waals surface area contributed by atoms with Gasteiger partial charge in [-0.2, -0.15) is 0 Å². The number of aromatic nitrogens is 3. The van der Waals surface area contributed by atoms with E-state index in [2.05, 4.69) is 23.3 Å². The molecule has 1 saturated heterocycles. The average molecular weight is 329 g/mol. The molecule has 0 spiro atoms. The highest BCUT2D eigenvalue weighted by Gasteiger charge is 2.45. The van der Waals surface area contributed by atoms with Crippen LogP contribution in [-0.4, -0.2) is 39.8 Å². The number of rotatable bonds is 5. The van der Waals surface area contributed by atoms with Crippen LogP contribution in [0.25, 0.3) is 5.69 Å². The maximum absolute atomic E-state index is 12.3. The molecule has 0 amide bonds. The van der Waals surface area contributed by atoms with Gasteiger partial charge in [-0.15, -0.1) is 5.10 Å². The zero-order valence-electron chi connectivity index (χ0n) is 14.4. The van der Waals surface area contributed by atoms with E-state index in [-0.39, 0.29) is 5.97 Å². The standard InChI is InChI=1S/C18H23N3O3/c1-4-23-17(22)18(8-5-9-24-18)11-15-12-21(20-19-15)16-7-6-13(2)10-14(16)3/h6-7,10,12H,4-5,8-9,11H2,1-3H3. The zero-order chi connectivity index (χ0) is 17.2. The molecule has 2 heterocycles. The molecule has 6 nitrogen and oxygen atoms in total. The molecule has 1 aliphatic heterocycles. The molecule has 0 radical (unpaired) electrons. The lowest BCUT2D eigenvalue weighted by atomic mass is 9.94. The van der Waals surface area contributed by atoms with Crippen LogP contribution in [0.3, 0.4) is 0 Å². The molecule has 128 valence electrons. The predicted octanol–water partition coefficient (Wildman–Crippen LogP) is 2.54. The fraction of sp³-hybridized carbons (Fsp3) is 0.500. The normalized spacial score (nSPS) is 20.3. The van der Waals surface area contributed by atoms with Crippen molar-refractivity contribution in [2.45, 2.75) is 45.6 Å². The van der Waals surface area contributed by atoms with Crippen LogP contribution in [0, 0.1) is 13.8 Å². The summed E-state index contributed by atoms with van der Waals surface area (Å²) in [5.41, 5.74) is 3.13. The van der Waals surface area contributed by atoms with Crippen LogP contribution in [0.15, 0.2) is 24.4 Å². The minimum Gasteiger partial charge on any atom is -0.464 e. The molecule has 1 unspecified atom stereocenters. The van der Waals surface area contributed by atoms with E-state index in [0.717, 1.165) is 23.4 Å². The third-order valence-electron chi connectivity index (χ3n) is 4.36. The topological polar surface area (TPSA) is 66.2 Å². The summed E-state index contributed by atoms with van der Waals surface area (Å²) in [6, 6.07) is 6.18. The van der Waals surface area contributed by atoms with Crippen LogP contribution in [-0.2, 0) is 20.7 Å². The van der Waals surface area contributed by atoms with Gasteiger partial charge >= 0.3 is 5.97 Å². The number of nitrogens with zero attached hydrogens (tertiary/aromatic N) is 3. The van der Waals surface area contributed by atoms with E-state index in [1.165, 1.54) is 5.56 Å². The predicted molar refractivity (Wildman–Crippen MR) is 89.1 cm³/mol. The second-order valence-electron chi connectivity index (χ2n) is 6.29. The Labute approximate surface area is 141 Å². The third-order valence-corrected chi connectivity index (χ3v) is 4.36. The molecule has 2 aromatic rings. The Hall–Kier alpha value is -2.21. The summed E-state index contributed by atoms with van der Waals surface area (Å²) in [7, 11) is 0. The molecule has 0 aliphatic carbocycles. The Morgan fingerprint density at radius 3 is 2.92 bits per heavy atom. The van der Waals surface area contributed by atoms with Crippen LogP contribution < -0.4 is 0 Å². The van der Waals surface area contributed by atoms with Crippen LogP contribution in [0.2, 0.25) is 0 Å². The molecule has 24 heavy (non-hydrogen) atoms. The van der Waals surface area contributed by atoms with Crippen molar-refractivity contribution in [1.29, 1.82) is 0 Å². The van der Waals surface area contributed by atoms with Crippen LogP contribution in [0.1, 0.15) is 36.6 Å².